The summed E-state index contributed by atoms with van der Waals surface area (Å²) in [4.78, 5) is 21.1. The number of rotatable bonds is 11. The van der Waals surface area contributed by atoms with Gasteiger partial charge in [-0.1, -0.05) is 6.07 Å². The number of ether oxygens (including phenoxy) is 2. The highest BCUT2D eigenvalue weighted by Gasteiger charge is 2.16. The van der Waals surface area contributed by atoms with Crippen molar-refractivity contribution >= 4 is 21.5 Å². The first kappa shape index (κ1) is 24.4. The molecule has 0 unspecified atom stereocenters. The minimum Gasteiger partial charge on any atom is -0.476 e. The molecule has 0 aliphatic rings. The van der Waals surface area contributed by atoms with E-state index in [1.165, 1.54) is 0 Å². The van der Waals surface area contributed by atoms with Gasteiger partial charge in [-0.2, -0.15) is 8.42 Å². The average molecular weight is 478 g/mol. The molecule has 1 N–H and O–H groups in total. The van der Waals surface area contributed by atoms with Crippen molar-refractivity contribution in [3.8, 4) is 23.1 Å². The number of aryl methyl sites for hydroxylation is 1. The number of hydrogen-bond donors (Lipinski definition) is 1. The van der Waals surface area contributed by atoms with E-state index in [1.54, 1.807) is 16.8 Å². The standard InChI is InChI=1S/C21H27N5O6S/c1-14(2)22-19(27)13-31-21-18-11-20(30-9-6-10-32-33(4,28)29)25-26(18)12-17(24-21)16-8-5-7-15(3)23-16/h5,7-8,11-12,14H,6,9-10,13H2,1-4H3,(H,22,27). The molecule has 0 saturated heterocycles. The minimum atomic E-state index is -3.49. The van der Waals surface area contributed by atoms with E-state index in [1.807, 2.05) is 39.0 Å². The predicted octanol–water partition coefficient (Wildman–Crippen LogP) is 1.75. The van der Waals surface area contributed by atoms with Crippen LogP contribution < -0.4 is 14.8 Å². The highest BCUT2D eigenvalue weighted by Crippen LogP contribution is 2.26. The Hall–Kier alpha value is -3.25. The van der Waals surface area contributed by atoms with Crippen molar-refractivity contribution in [2.24, 2.45) is 0 Å². The Bertz CT molecular complexity index is 1230. The van der Waals surface area contributed by atoms with E-state index in [0.717, 1.165) is 11.9 Å². The molecule has 0 aliphatic carbocycles. The van der Waals surface area contributed by atoms with Crippen LogP contribution in [0.15, 0.2) is 30.5 Å². The molecule has 3 aromatic heterocycles. The van der Waals surface area contributed by atoms with Gasteiger partial charge in [0.2, 0.25) is 11.8 Å². The molecule has 0 bridgehead atoms. The molecule has 0 aliphatic heterocycles. The first-order valence-electron chi connectivity index (χ1n) is 10.3. The smallest absolute Gasteiger partial charge is 0.264 e. The van der Waals surface area contributed by atoms with Crippen LogP contribution in [0.5, 0.6) is 11.8 Å². The molecule has 0 aromatic carbocycles. The first-order valence-corrected chi connectivity index (χ1v) is 12.2. The van der Waals surface area contributed by atoms with Crippen molar-refractivity contribution in [2.75, 3.05) is 26.1 Å². The van der Waals surface area contributed by atoms with Gasteiger partial charge in [-0.25, -0.2) is 9.50 Å². The monoisotopic (exact) mass is 477 g/mol. The normalized spacial score (nSPS) is 11.7. The van der Waals surface area contributed by atoms with Gasteiger partial charge in [0.15, 0.2) is 6.61 Å². The second-order valence-corrected chi connectivity index (χ2v) is 9.29. The van der Waals surface area contributed by atoms with E-state index in [2.05, 4.69) is 20.4 Å². The summed E-state index contributed by atoms with van der Waals surface area (Å²) in [6, 6.07) is 7.19. The Balaban J connectivity index is 1.82. The summed E-state index contributed by atoms with van der Waals surface area (Å²) in [6.07, 6.45) is 3.04. The molecular weight excluding hydrogens is 450 g/mol. The van der Waals surface area contributed by atoms with Crippen LogP contribution in [0.4, 0.5) is 0 Å². The lowest BCUT2D eigenvalue weighted by molar-refractivity contribution is -0.123. The van der Waals surface area contributed by atoms with Gasteiger partial charge in [0.1, 0.15) is 11.2 Å². The molecule has 33 heavy (non-hydrogen) atoms. The predicted molar refractivity (Wildman–Crippen MR) is 121 cm³/mol. The fraction of sp³-hybridized carbons (Fsp3) is 0.429. The number of pyridine rings is 1. The second kappa shape index (κ2) is 10.6. The Morgan fingerprint density at radius 1 is 1.15 bits per heavy atom. The molecular formula is C21H27N5O6S. The number of carbonyl (C=O) groups excluding carboxylic acids is 1. The van der Waals surface area contributed by atoms with Crippen LogP contribution in [0, 0.1) is 6.92 Å². The van der Waals surface area contributed by atoms with Gasteiger partial charge < -0.3 is 14.8 Å². The summed E-state index contributed by atoms with van der Waals surface area (Å²) in [7, 11) is -3.49. The Kier molecular flexibility index (Phi) is 7.82. The lowest BCUT2D eigenvalue weighted by Crippen LogP contribution is -2.34. The number of hydrogen-bond acceptors (Lipinski definition) is 9. The SMILES string of the molecule is Cc1cccc(-c2cn3nc(OCCCOS(C)(=O)=O)cc3c(OCC(=O)NC(C)C)n2)n1. The van der Waals surface area contributed by atoms with Gasteiger partial charge in [-0.15, -0.1) is 5.10 Å². The molecule has 0 radical (unpaired) electrons. The van der Waals surface area contributed by atoms with E-state index in [9.17, 15) is 13.2 Å². The third kappa shape index (κ3) is 7.39. The van der Waals surface area contributed by atoms with Crippen LogP contribution >= 0.6 is 0 Å². The van der Waals surface area contributed by atoms with Crippen molar-refractivity contribution in [3.05, 3.63) is 36.2 Å². The number of nitrogens with zero attached hydrogens (tertiary/aromatic N) is 4. The number of nitrogens with one attached hydrogen (secondary N) is 1. The summed E-state index contributed by atoms with van der Waals surface area (Å²) in [6.45, 7) is 5.60. The molecule has 0 atom stereocenters. The number of aromatic nitrogens is 4. The zero-order valence-electron chi connectivity index (χ0n) is 18.9. The second-order valence-electron chi connectivity index (χ2n) is 7.65. The minimum absolute atomic E-state index is 0.0102. The Morgan fingerprint density at radius 2 is 1.94 bits per heavy atom. The van der Waals surface area contributed by atoms with E-state index in [0.29, 0.717) is 29.2 Å². The molecule has 0 saturated carbocycles. The first-order chi connectivity index (χ1) is 15.6. The van der Waals surface area contributed by atoms with E-state index < -0.39 is 10.1 Å². The lowest BCUT2D eigenvalue weighted by Gasteiger charge is -2.11. The van der Waals surface area contributed by atoms with E-state index >= 15 is 0 Å². The zero-order chi connectivity index (χ0) is 24.0. The highest BCUT2D eigenvalue weighted by molar-refractivity contribution is 7.85. The maximum atomic E-state index is 12.1. The van der Waals surface area contributed by atoms with Crippen LogP contribution in [0.2, 0.25) is 0 Å². The molecule has 178 valence electrons. The zero-order valence-corrected chi connectivity index (χ0v) is 19.8. The van der Waals surface area contributed by atoms with Gasteiger partial charge in [0.05, 0.1) is 31.4 Å². The van der Waals surface area contributed by atoms with Crippen molar-refractivity contribution < 1.29 is 26.9 Å². The van der Waals surface area contributed by atoms with Gasteiger partial charge in [0, 0.05) is 24.2 Å². The molecule has 3 rings (SSSR count). The van der Waals surface area contributed by atoms with Gasteiger partial charge in [-0.3, -0.25) is 14.0 Å². The Labute approximate surface area is 192 Å². The third-order valence-electron chi connectivity index (χ3n) is 4.18. The van der Waals surface area contributed by atoms with E-state index in [-0.39, 0.29) is 37.6 Å². The lowest BCUT2D eigenvalue weighted by atomic mass is 10.2. The number of amides is 1. The van der Waals surface area contributed by atoms with Crippen LogP contribution in [-0.4, -0.2) is 66.0 Å². The van der Waals surface area contributed by atoms with Crippen molar-refractivity contribution in [3.63, 3.8) is 0 Å². The fourth-order valence-electron chi connectivity index (χ4n) is 2.87. The Morgan fingerprint density at radius 3 is 2.64 bits per heavy atom. The molecule has 11 nitrogen and oxygen atoms in total. The van der Waals surface area contributed by atoms with Crippen LogP contribution in [0.3, 0.4) is 0 Å². The average Bonchev–Trinajstić information content (AvgIpc) is 3.13. The molecule has 3 heterocycles. The summed E-state index contributed by atoms with van der Waals surface area (Å²) < 4.78 is 39.6. The molecule has 1 amide bonds. The van der Waals surface area contributed by atoms with E-state index in [4.69, 9.17) is 13.7 Å². The number of fused-ring (bicyclic) bond motifs is 1. The topological polar surface area (TPSA) is 134 Å². The molecule has 3 aromatic rings. The van der Waals surface area contributed by atoms with Crippen molar-refractivity contribution in [2.45, 2.75) is 33.2 Å². The van der Waals surface area contributed by atoms with Gasteiger partial charge in [-0.05, 0) is 32.9 Å². The quantitative estimate of drug-likeness (QED) is 0.324. The van der Waals surface area contributed by atoms with Crippen LogP contribution in [0.1, 0.15) is 26.0 Å². The van der Waals surface area contributed by atoms with Crippen molar-refractivity contribution in [1.82, 2.24) is 24.9 Å². The number of carbonyl (C=O) groups is 1. The summed E-state index contributed by atoms with van der Waals surface area (Å²) in [5, 5.41) is 7.16. The maximum absolute atomic E-state index is 12.1. The molecule has 0 spiro atoms. The van der Waals surface area contributed by atoms with Gasteiger partial charge in [0.25, 0.3) is 16.0 Å². The summed E-state index contributed by atoms with van der Waals surface area (Å²) in [5.41, 5.74) is 2.48. The van der Waals surface area contributed by atoms with Crippen LogP contribution in [-0.2, 0) is 19.1 Å². The largest absolute Gasteiger partial charge is 0.476 e. The van der Waals surface area contributed by atoms with Crippen LogP contribution in [0.25, 0.3) is 16.9 Å². The van der Waals surface area contributed by atoms with Gasteiger partial charge >= 0.3 is 0 Å². The molecule has 0 fully saturated rings. The fourth-order valence-corrected chi connectivity index (χ4v) is 3.29. The third-order valence-corrected chi connectivity index (χ3v) is 4.77. The summed E-state index contributed by atoms with van der Waals surface area (Å²) in [5.74, 6) is 0.227. The van der Waals surface area contributed by atoms with Crippen molar-refractivity contribution in [1.29, 1.82) is 0 Å². The highest BCUT2D eigenvalue weighted by atomic mass is 32.2. The molecule has 12 heteroatoms. The maximum Gasteiger partial charge on any atom is 0.264 e. The summed E-state index contributed by atoms with van der Waals surface area (Å²) >= 11 is 0.